The van der Waals surface area contributed by atoms with Crippen LogP contribution in [0.2, 0.25) is 0 Å². The Morgan fingerprint density at radius 1 is 1.24 bits per heavy atom. The normalized spacial score (nSPS) is 16.5. The number of hydrogen-bond donors (Lipinski definition) is 2. The van der Waals surface area contributed by atoms with Crippen molar-refractivity contribution < 1.29 is 29.6 Å². The fourth-order valence-electron chi connectivity index (χ4n) is 3.44. The van der Waals surface area contributed by atoms with Gasteiger partial charge in [0, 0.05) is 12.0 Å². The topological polar surface area (TPSA) is 93.1 Å². The smallest absolute Gasteiger partial charge is 0.339 e. The summed E-state index contributed by atoms with van der Waals surface area (Å²) in [5.74, 6) is -1.14. The molecule has 1 aromatic carbocycles. The van der Waals surface area contributed by atoms with Gasteiger partial charge in [0.1, 0.15) is 12.2 Å². The highest BCUT2D eigenvalue weighted by atomic mass is 17.2. The van der Waals surface area contributed by atoms with Gasteiger partial charge in [0.05, 0.1) is 0 Å². The summed E-state index contributed by atoms with van der Waals surface area (Å²) in [5, 5.41) is 18.6. The Morgan fingerprint density at radius 2 is 1.96 bits per heavy atom. The Bertz CT molecular complexity index is 758. The number of allylic oxidation sites excluding steroid dienone is 2. The quantitative estimate of drug-likeness (QED) is 0.577. The van der Waals surface area contributed by atoms with E-state index in [0.29, 0.717) is 24.5 Å². The largest absolute Gasteiger partial charge is 0.481 e. The van der Waals surface area contributed by atoms with Crippen molar-refractivity contribution in [3.63, 3.8) is 0 Å². The first-order valence-electron chi connectivity index (χ1n) is 8.48. The van der Waals surface area contributed by atoms with Gasteiger partial charge in [-0.15, -0.1) is 0 Å². The molecule has 134 valence electrons. The van der Waals surface area contributed by atoms with E-state index in [1.54, 1.807) is 0 Å². The van der Waals surface area contributed by atoms with Crippen LogP contribution in [0.3, 0.4) is 0 Å². The monoisotopic (exact) mass is 346 g/mol. The zero-order chi connectivity index (χ0) is 18.1. The van der Waals surface area contributed by atoms with E-state index in [9.17, 15) is 14.7 Å². The van der Waals surface area contributed by atoms with Crippen molar-refractivity contribution in [2.45, 2.75) is 58.5 Å². The van der Waals surface area contributed by atoms with Gasteiger partial charge in [-0.05, 0) is 62.1 Å². The molecule has 0 bridgehead atoms. The highest BCUT2D eigenvalue weighted by Gasteiger charge is 2.36. The van der Waals surface area contributed by atoms with Crippen LogP contribution in [0.25, 0.3) is 0 Å². The molecule has 3 rings (SSSR count). The van der Waals surface area contributed by atoms with Crippen molar-refractivity contribution in [2.75, 3.05) is 0 Å². The number of benzene rings is 1. The van der Waals surface area contributed by atoms with E-state index in [1.807, 2.05) is 19.9 Å². The van der Waals surface area contributed by atoms with Crippen molar-refractivity contribution in [3.05, 3.63) is 39.5 Å². The van der Waals surface area contributed by atoms with Crippen molar-refractivity contribution in [1.82, 2.24) is 0 Å². The minimum absolute atomic E-state index is 0.0732. The van der Waals surface area contributed by atoms with Crippen LogP contribution in [-0.2, 0) is 22.7 Å². The maximum Gasteiger partial charge on any atom is 0.339 e. The first-order chi connectivity index (χ1) is 11.9. The number of fused-ring (bicyclic) bond motifs is 1. The Labute approximate surface area is 146 Å². The zero-order valence-electron chi connectivity index (χ0n) is 14.4. The predicted molar refractivity (Wildman–Crippen MR) is 89.9 cm³/mol. The number of aliphatic carboxylic acids is 1. The van der Waals surface area contributed by atoms with Gasteiger partial charge in [-0.3, -0.25) is 4.79 Å². The number of carboxylic acids is 2. The molecule has 0 aromatic heterocycles. The van der Waals surface area contributed by atoms with Gasteiger partial charge in [-0.1, -0.05) is 11.6 Å². The minimum Gasteiger partial charge on any atom is -0.481 e. The maximum atomic E-state index is 11.9. The molecule has 1 aromatic rings. The molecule has 0 saturated heterocycles. The number of rotatable bonds is 7. The number of hydrogen-bond acceptors (Lipinski definition) is 4. The molecule has 0 spiro atoms. The first-order valence-corrected chi connectivity index (χ1v) is 8.48. The molecule has 1 fully saturated rings. The molecule has 25 heavy (non-hydrogen) atoms. The minimum atomic E-state index is -1.02. The summed E-state index contributed by atoms with van der Waals surface area (Å²) < 4.78 is 0. The van der Waals surface area contributed by atoms with Crippen LogP contribution in [0.4, 0.5) is 0 Å². The maximum absolute atomic E-state index is 11.9. The van der Waals surface area contributed by atoms with Crippen LogP contribution >= 0.6 is 0 Å². The molecular weight excluding hydrogens is 324 g/mol. The Morgan fingerprint density at radius 3 is 2.56 bits per heavy atom. The van der Waals surface area contributed by atoms with Gasteiger partial charge < -0.3 is 15.1 Å². The second kappa shape index (κ2) is 6.88. The van der Waals surface area contributed by atoms with Gasteiger partial charge >= 0.3 is 11.9 Å². The van der Waals surface area contributed by atoms with E-state index in [-0.39, 0.29) is 18.6 Å². The summed E-state index contributed by atoms with van der Waals surface area (Å²) in [6, 6.07) is 0. The van der Waals surface area contributed by atoms with Crippen LogP contribution in [0, 0.1) is 6.92 Å². The molecule has 0 unspecified atom stereocenters. The van der Waals surface area contributed by atoms with E-state index in [1.165, 1.54) is 0 Å². The summed E-state index contributed by atoms with van der Waals surface area (Å²) in [4.78, 5) is 32.8. The van der Waals surface area contributed by atoms with Gasteiger partial charge in [0.25, 0.3) is 0 Å². The van der Waals surface area contributed by atoms with Crippen molar-refractivity contribution in [3.8, 4) is 5.75 Å². The highest BCUT2D eigenvalue weighted by molar-refractivity contribution is 5.94. The van der Waals surface area contributed by atoms with Crippen LogP contribution in [0.15, 0.2) is 11.6 Å². The second-order valence-corrected chi connectivity index (χ2v) is 6.77. The summed E-state index contributed by atoms with van der Waals surface area (Å²) >= 11 is 0. The van der Waals surface area contributed by atoms with Crippen molar-refractivity contribution in [1.29, 1.82) is 0 Å². The summed E-state index contributed by atoms with van der Waals surface area (Å²) in [6.45, 7) is 4.15. The summed E-state index contributed by atoms with van der Waals surface area (Å²) in [7, 11) is 0. The number of carbonyl (C=O) groups is 2. The molecule has 1 heterocycles. The predicted octanol–water partition coefficient (Wildman–Crippen LogP) is 3.75. The van der Waals surface area contributed by atoms with Crippen LogP contribution < -0.4 is 4.89 Å². The van der Waals surface area contributed by atoms with Crippen LogP contribution in [0.1, 0.15) is 71.1 Å². The van der Waals surface area contributed by atoms with E-state index >= 15 is 0 Å². The fourth-order valence-corrected chi connectivity index (χ4v) is 3.44. The zero-order valence-corrected chi connectivity index (χ0v) is 14.4. The third-order valence-electron chi connectivity index (χ3n) is 4.92. The van der Waals surface area contributed by atoms with Gasteiger partial charge in [-0.25, -0.2) is 4.79 Å². The van der Waals surface area contributed by atoms with Gasteiger partial charge in [0.2, 0.25) is 0 Å². The average molecular weight is 346 g/mol. The third kappa shape index (κ3) is 3.54. The average Bonchev–Trinajstić information content (AvgIpc) is 3.26. The first kappa shape index (κ1) is 17.5. The van der Waals surface area contributed by atoms with Crippen molar-refractivity contribution in [2.24, 2.45) is 0 Å². The van der Waals surface area contributed by atoms with E-state index in [2.05, 4.69) is 0 Å². The lowest BCUT2D eigenvalue weighted by Crippen LogP contribution is -2.10. The molecule has 0 radical (unpaired) electrons. The molecular formula is C19H22O6. The second-order valence-electron chi connectivity index (χ2n) is 6.77. The molecule has 1 aliphatic heterocycles. The third-order valence-corrected chi connectivity index (χ3v) is 4.92. The van der Waals surface area contributed by atoms with Crippen LogP contribution in [0.5, 0.6) is 5.75 Å². The Balaban J connectivity index is 2.02. The van der Waals surface area contributed by atoms with E-state index in [4.69, 9.17) is 14.9 Å². The van der Waals surface area contributed by atoms with Crippen LogP contribution in [-0.4, -0.2) is 22.2 Å². The standard InChI is InChI=1S/C19H22O6/c1-10(4-8-15(20)21)3-7-13-16(12-5-6-12)11(2)14-9-24-25-18(14)17(13)19(22)23/h3,12H,4-9H2,1-2H3,(H,20,21)(H,22,23). The lowest BCUT2D eigenvalue weighted by Gasteiger charge is -2.17. The molecule has 2 N–H and O–H groups in total. The molecule has 6 heteroatoms. The Hall–Kier alpha value is -2.34. The Kier molecular flexibility index (Phi) is 4.81. The lowest BCUT2D eigenvalue weighted by molar-refractivity contribution is -0.194. The molecule has 0 amide bonds. The summed E-state index contributed by atoms with van der Waals surface area (Å²) in [6.07, 6.45) is 5.04. The number of aromatic carboxylic acids is 1. The molecule has 6 nitrogen and oxygen atoms in total. The van der Waals surface area contributed by atoms with E-state index in [0.717, 1.165) is 40.7 Å². The molecule has 2 aliphatic rings. The lowest BCUT2D eigenvalue weighted by atomic mass is 9.86. The molecule has 1 aliphatic carbocycles. The van der Waals surface area contributed by atoms with Gasteiger partial charge in [-0.2, -0.15) is 4.89 Å². The fraction of sp³-hybridized carbons (Fsp3) is 0.474. The summed E-state index contributed by atoms with van der Waals surface area (Å²) in [5.41, 5.74) is 4.89. The SMILES string of the molecule is CC(=CCc1c(C(=O)O)c2c(c(C)c1C1CC1)COO2)CCC(=O)O. The highest BCUT2D eigenvalue weighted by Crippen LogP contribution is 2.49. The molecule has 1 saturated carbocycles. The van der Waals surface area contributed by atoms with Gasteiger partial charge in [0.15, 0.2) is 5.75 Å². The number of carboxylic acid groups (broad SMARTS) is 2. The van der Waals surface area contributed by atoms with Crippen molar-refractivity contribution >= 4 is 11.9 Å². The van der Waals surface area contributed by atoms with E-state index < -0.39 is 11.9 Å². The molecule has 0 atom stereocenters.